The summed E-state index contributed by atoms with van der Waals surface area (Å²) in [7, 11) is 4.47. The fourth-order valence-electron chi connectivity index (χ4n) is 3.07. The monoisotopic (exact) mass is 421 g/mol. The van der Waals surface area contributed by atoms with E-state index in [1.54, 1.807) is 55.1 Å². The van der Waals surface area contributed by atoms with Gasteiger partial charge < -0.3 is 14.8 Å². The summed E-state index contributed by atoms with van der Waals surface area (Å²) >= 11 is 0. The zero-order chi connectivity index (χ0) is 22.5. The van der Waals surface area contributed by atoms with Crippen molar-refractivity contribution >= 4 is 17.4 Å². The number of hydrogen-bond donors (Lipinski definition) is 1. The molecule has 0 saturated heterocycles. The number of para-hydroxylation sites is 1. The third-order valence-corrected chi connectivity index (χ3v) is 4.87. The number of aromatic nitrogens is 2. The first-order valence-electron chi connectivity index (χ1n) is 9.46. The number of nitrogens with zero attached hydrogens (tertiary/aromatic N) is 2. The Morgan fingerprint density at radius 2 is 1.65 bits per heavy atom. The predicted molar refractivity (Wildman–Crippen MR) is 117 cm³/mol. The van der Waals surface area contributed by atoms with Crippen LogP contribution in [0.25, 0.3) is 5.69 Å². The molecule has 31 heavy (non-hydrogen) atoms. The third-order valence-electron chi connectivity index (χ3n) is 4.87. The van der Waals surface area contributed by atoms with Crippen LogP contribution in [0.5, 0.6) is 5.75 Å². The Morgan fingerprint density at radius 3 is 2.23 bits per heavy atom. The molecule has 0 aliphatic rings. The lowest BCUT2D eigenvalue weighted by Gasteiger charge is -2.08. The van der Waals surface area contributed by atoms with Crippen molar-refractivity contribution < 1.29 is 19.1 Å². The fraction of sp³-hybridized carbons (Fsp3) is 0.174. The molecule has 0 spiro atoms. The second-order valence-corrected chi connectivity index (χ2v) is 6.70. The second kappa shape index (κ2) is 9.17. The number of rotatable bonds is 7. The minimum absolute atomic E-state index is 0.144. The molecular formula is C23H23N3O5. The first-order chi connectivity index (χ1) is 14.9. The van der Waals surface area contributed by atoms with Gasteiger partial charge in [-0.15, -0.1) is 0 Å². The van der Waals surface area contributed by atoms with Crippen molar-refractivity contribution in [3.63, 3.8) is 0 Å². The molecule has 0 aliphatic carbocycles. The van der Waals surface area contributed by atoms with E-state index in [1.807, 2.05) is 18.2 Å². The van der Waals surface area contributed by atoms with E-state index in [-0.39, 0.29) is 16.9 Å². The van der Waals surface area contributed by atoms with Gasteiger partial charge >= 0.3 is 5.97 Å². The van der Waals surface area contributed by atoms with Crippen LogP contribution in [0.1, 0.15) is 16.1 Å². The largest absolute Gasteiger partial charge is 0.497 e. The van der Waals surface area contributed by atoms with Crippen molar-refractivity contribution in [3.8, 4) is 11.4 Å². The van der Waals surface area contributed by atoms with E-state index in [1.165, 1.54) is 18.9 Å². The molecular weight excluding hydrogens is 398 g/mol. The number of benzene rings is 2. The van der Waals surface area contributed by atoms with Crippen molar-refractivity contribution in [1.82, 2.24) is 9.36 Å². The van der Waals surface area contributed by atoms with Crippen LogP contribution < -0.4 is 15.6 Å². The molecule has 160 valence electrons. The maximum Gasteiger partial charge on any atom is 0.354 e. The van der Waals surface area contributed by atoms with Crippen LogP contribution in [0, 0.1) is 6.92 Å². The summed E-state index contributed by atoms with van der Waals surface area (Å²) in [5.74, 6) is -0.587. The van der Waals surface area contributed by atoms with Crippen molar-refractivity contribution in [2.45, 2.75) is 6.92 Å². The summed E-state index contributed by atoms with van der Waals surface area (Å²) in [6.07, 6.45) is 1.12. The van der Waals surface area contributed by atoms with Gasteiger partial charge in [-0.1, -0.05) is 18.2 Å². The molecule has 0 atom stereocenters. The summed E-state index contributed by atoms with van der Waals surface area (Å²) in [6, 6.07) is 15.6. The molecule has 0 aliphatic heterocycles. The highest BCUT2D eigenvalue weighted by Gasteiger charge is 2.21. The molecule has 8 heteroatoms. The van der Waals surface area contributed by atoms with Crippen LogP contribution in [0.15, 0.2) is 71.2 Å². The predicted octanol–water partition coefficient (Wildman–Crippen LogP) is 2.84. The first-order valence-corrected chi connectivity index (χ1v) is 9.46. The standard InChI is InChI=1S/C23H23N3O5/c1-15-21(22(28)26(25(15)2)17-8-6-5-7-9-17)24-19(23(29)31-4)14-20(27)16-10-12-18(30-3)13-11-16/h5-14,24H,1-4H3. The Hall–Kier alpha value is -4.07. The van der Waals surface area contributed by atoms with Crippen LogP contribution in [0.2, 0.25) is 0 Å². The van der Waals surface area contributed by atoms with Gasteiger partial charge in [0.2, 0.25) is 0 Å². The number of methoxy groups -OCH3 is 2. The Morgan fingerprint density at radius 1 is 1.00 bits per heavy atom. The lowest BCUT2D eigenvalue weighted by atomic mass is 10.1. The highest BCUT2D eigenvalue weighted by molar-refractivity contribution is 6.09. The Bertz CT molecular complexity index is 1190. The zero-order valence-corrected chi connectivity index (χ0v) is 17.7. The number of ether oxygens (including phenoxy) is 2. The second-order valence-electron chi connectivity index (χ2n) is 6.70. The van der Waals surface area contributed by atoms with Gasteiger partial charge in [-0.25, -0.2) is 9.48 Å². The summed E-state index contributed by atoms with van der Waals surface area (Å²) in [6.45, 7) is 1.74. The number of hydrogen-bond acceptors (Lipinski definition) is 6. The van der Waals surface area contributed by atoms with Crippen LogP contribution in [0.3, 0.4) is 0 Å². The number of carbonyl (C=O) groups excluding carboxylic acids is 2. The lowest BCUT2D eigenvalue weighted by Crippen LogP contribution is -2.22. The quantitative estimate of drug-likeness (QED) is 0.358. The van der Waals surface area contributed by atoms with Crippen molar-refractivity contribution in [3.05, 3.63) is 88.0 Å². The molecule has 0 unspecified atom stereocenters. The van der Waals surface area contributed by atoms with Crippen molar-refractivity contribution in [1.29, 1.82) is 0 Å². The maximum atomic E-state index is 13.1. The molecule has 8 nitrogen and oxygen atoms in total. The van der Waals surface area contributed by atoms with Gasteiger partial charge in [-0.2, -0.15) is 0 Å². The molecule has 1 heterocycles. The van der Waals surface area contributed by atoms with Gasteiger partial charge in [0, 0.05) is 18.7 Å². The molecule has 3 aromatic rings. The van der Waals surface area contributed by atoms with Gasteiger partial charge in [0.25, 0.3) is 5.56 Å². The van der Waals surface area contributed by atoms with Crippen molar-refractivity contribution in [2.24, 2.45) is 7.05 Å². The maximum absolute atomic E-state index is 13.1. The first kappa shape index (κ1) is 21.6. The number of carbonyl (C=O) groups is 2. The number of ketones is 1. The average Bonchev–Trinajstić information content (AvgIpc) is 3.01. The molecule has 1 aromatic heterocycles. The van der Waals surface area contributed by atoms with Crippen LogP contribution in [-0.4, -0.2) is 35.3 Å². The van der Waals surface area contributed by atoms with Crippen LogP contribution in [-0.2, 0) is 16.6 Å². The highest BCUT2D eigenvalue weighted by atomic mass is 16.5. The molecule has 0 saturated carbocycles. The Balaban J connectivity index is 2.00. The summed E-state index contributed by atoms with van der Waals surface area (Å²) in [5.41, 5.74) is 1.28. The molecule has 0 radical (unpaired) electrons. The molecule has 2 aromatic carbocycles. The third kappa shape index (κ3) is 4.42. The number of allylic oxidation sites excluding steroid dienone is 1. The van der Waals surface area contributed by atoms with E-state index in [2.05, 4.69) is 5.32 Å². The van der Waals surface area contributed by atoms with Crippen LogP contribution >= 0.6 is 0 Å². The Kier molecular flexibility index (Phi) is 6.40. The summed E-state index contributed by atoms with van der Waals surface area (Å²) < 4.78 is 13.0. The zero-order valence-electron chi connectivity index (χ0n) is 17.7. The fourth-order valence-corrected chi connectivity index (χ4v) is 3.07. The Labute approximate surface area is 179 Å². The topological polar surface area (TPSA) is 91.6 Å². The number of anilines is 1. The van der Waals surface area contributed by atoms with E-state index in [0.29, 0.717) is 22.7 Å². The molecule has 0 fully saturated rings. The number of nitrogens with one attached hydrogen (secondary N) is 1. The average molecular weight is 421 g/mol. The van der Waals surface area contributed by atoms with E-state index in [9.17, 15) is 14.4 Å². The van der Waals surface area contributed by atoms with Crippen molar-refractivity contribution in [2.75, 3.05) is 19.5 Å². The van der Waals surface area contributed by atoms with Gasteiger partial charge in [0.1, 0.15) is 17.1 Å². The molecule has 1 N–H and O–H groups in total. The minimum Gasteiger partial charge on any atom is -0.497 e. The SMILES string of the molecule is COC(=O)C(=CC(=O)c1ccc(OC)cc1)Nc1c(C)n(C)n(-c2ccccc2)c1=O. The molecule has 3 rings (SSSR count). The smallest absolute Gasteiger partial charge is 0.354 e. The minimum atomic E-state index is -0.768. The summed E-state index contributed by atoms with van der Waals surface area (Å²) in [5, 5.41) is 2.81. The normalized spacial score (nSPS) is 11.2. The van der Waals surface area contributed by atoms with Crippen LogP contribution in [0.4, 0.5) is 5.69 Å². The van der Waals surface area contributed by atoms with E-state index < -0.39 is 11.8 Å². The van der Waals surface area contributed by atoms with Gasteiger partial charge in [-0.05, 0) is 43.3 Å². The molecule has 0 bridgehead atoms. The van der Waals surface area contributed by atoms with Gasteiger partial charge in [0.05, 0.1) is 25.6 Å². The van der Waals surface area contributed by atoms with E-state index in [4.69, 9.17) is 9.47 Å². The molecule has 0 amide bonds. The van der Waals surface area contributed by atoms with Gasteiger partial charge in [0.15, 0.2) is 5.78 Å². The lowest BCUT2D eigenvalue weighted by molar-refractivity contribution is -0.135. The summed E-state index contributed by atoms with van der Waals surface area (Å²) in [4.78, 5) is 38.1. The van der Waals surface area contributed by atoms with E-state index >= 15 is 0 Å². The van der Waals surface area contributed by atoms with E-state index in [0.717, 1.165) is 6.08 Å². The van der Waals surface area contributed by atoms with Gasteiger partial charge in [-0.3, -0.25) is 14.3 Å². The highest BCUT2D eigenvalue weighted by Crippen LogP contribution is 2.17. The number of esters is 1.